The normalized spacial score (nSPS) is 11.4. The van der Waals surface area contributed by atoms with Gasteiger partial charge >= 0.3 is 0 Å². The maximum absolute atomic E-state index is 14.2. The summed E-state index contributed by atoms with van der Waals surface area (Å²) < 4.78 is 0. The number of para-hydroxylation sites is 4. The summed E-state index contributed by atoms with van der Waals surface area (Å²) in [7, 11) is 0. The number of carbonyl (C=O) groups is 1. The second-order valence-corrected chi connectivity index (χ2v) is 13.6. The minimum atomic E-state index is -0.464. The lowest BCUT2D eigenvalue weighted by Gasteiger charge is -2.25. The number of aromatic amines is 1. The van der Waals surface area contributed by atoms with Gasteiger partial charge in [-0.3, -0.25) is 4.79 Å². The van der Waals surface area contributed by atoms with Gasteiger partial charge in [0.25, 0.3) is 5.91 Å². The lowest BCUT2D eigenvalue weighted by molar-refractivity contribution is 0.102. The summed E-state index contributed by atoms with van der Waals surface area (Å²) in [5.41, 5.74) is 14.9. The van der Waals surface area contributed by atoms with E-state index in [1.165, 1.54) is 0 Å². The summed E-state index contributed by atoms with van der Waals surface area (Å²) in [4.78, 5) is 19.9. The zero-order chi connectivity index (χ0) is 38.0. The number of rotatable bonds is 9. The fraction of sp³-hybridized carbons (Fsp3) is 0.0208. The zero-order valence-corrected chi connectivity index (χ0v) is 30.2. The molecule has 1 amide bonds. The number of aromatic nitrogens is 1. The molecule has 0 radical (unpaired) electrons. The molecule has 8 nitrogen and oxygen atoms in total. The predicted octanol–water partition coefficient (Wildman–Crippen LogP) is 12.5. The number of carbonyl (C=O) groups excluding carboxylic acids is 1. The van der Waals surface area contributed by atoms with Crippen molar-refractivity contribution in [1.82, 2.24) is 4.98 Å². The van der Waals surface area contributed by atoms with Crippen LogP contribution >= 0.6 is 0 Å². The van der Waals surface area contributed by atoms with Gasteiger partial charge < -0.3 is 26.0 Å². The van der Waals surface area contributed by atoms with Gasteiger partial charge in [0.1, 0.15) is 5.69 Å². The molecule has 0 saturated heterocycles. The van der Waals surface area contributed by atoms with Gasteiger partial charge in [-0.1, -0.05) is 97.1 Å². The van der Waals surface area contributed by atoms with Crippen LogP contribution in [0.3, 0.4) is 0 Å². The first-order chi connectivity index (χ1) is 27.5. The van der Waals surface area contributed by atoms with Gasteiger partial charge in [0.05, 0.1) is 16.8 Å². The Morgan fingerprint density at radius 2 is 1.30 bits per heavy atom. The highest BCUT2D eigenvalue weighted by molar-refractivity contribution is 6.22. The Bertz CT molecular complexity index is 2850. The predicted molar refractivity (Wildman–Crippen MR) is 228 cm³/mol. The Hall–Kier alpha value is -7.71. The van der Waals surface area contributed by atoms with Gasteiger partial charge in [-0.15, -0.1) is 5.11 Å². The Labute approximate surface area is 323 Å². The van der Waals surface area contributed by atoms with Crippen LogP contribution in [-0.4, -0.2) is 16.0 Å². The minimum Gasteiger partial charge on any atom is -0.505 e. The van der Waals surface area contributed by atoms with E-state index in [-0.39, 0.29) is 17.0 Å². The third-order valence-electron chi connectivity index (χ3n) is 10.0. The molecule has 0 spiro atoms. The first-order valence-electron chi connectivity index (χ1n) is 18.3. The molecule has 0 bridgehead atoms. The van der Waals surface area contributed by atoms with E-state index >= 15 is 0 Å². The van der Waals surface area contributed by atoms with Crippen LogP contribution in [0.25, 0.3) is 32.6 Å². The second kappa shape index (κ2) is 14.6. The van der Waals surface area contributed by atoms with Gasteiger partial charge in [-0.05, 0) is 102 Å². The molecule has 0 fully saturated rings. The van der Waals surface area contributed by atoms with Crippen molar-refractivity contribution in [3.05, 3.63) is 193 Å². The van der Waals surface area contributed by atoms with Crippen LogP contribution in [0.4, 0.5) is 39.8 Å². The first-order valence-corrected chi connectivity index (χ1v) is 18.3. The van der Waals surface area contributed by atoms with E-state index in [1.54, 1.807) is 30.3 Å². The number of aromatic hydroxyl groups is 1. The van der Waals surface area contributed by atoms with Crippen molar-refractivity contribution in [3.8, 4) is 5.75 Å². The molecule has 8 aromatic carbocycles. The first kappa shape index (κ1) is 34.1. The molecule has 9 rings (SSSR count). The smallest absolute Gasteiger partial charge is 0.259 e. The molecule has 56 heavy (non-hydrogen) atoms. The van der Waals surface area contributed by atoms with E-state index in [2.05, 4.69) is 74.0 Å². The summed E-state index contributed by atoms with van der Waals surface area (Å²) in [5.74, 6) is -0.732. The molecule has 8 heteroatoms. The molecule has 0 aliphatic carbocycles. The number of benzene rings is 8. The maximum Gasteiger partial charge on any atom is 0.259 e. The van der Waals surface area contributed by atoms with E-state index in [4.69, 9.17) is 5.73 Å². The van der Waals surface area contributed by atoms with Gasteiger partial charge in [0.2, 0.25) is 0 Å². The van der Waals surface area contributed by atoms with E-state index in [1.807, 2.05) is 97.1 Å². The number of anilines is 5. The topological polar surface area (TPSA) is 119 Å². The quantitative estimate of drug-likeness (QED) is 0.0873. The SMILES string of the molecule is Nc1ccc(N=Nc2c(O)c(C(=O)Nc3ccccc3Cc3ccc(N(c4ccccc4)c4ccccc4)cc3)cc3ccc4c5ccccc5[nH]c4c23)cc1. The summed E-state index contributed by atoms with van der Waals surface area (Å²) in [6.45, 7) is 0. The van der Waals surface area contributed by atoms with Crippen molar-refractivity contribution in [2.24, 2.45) is 10.2 Å². The van der Waals surface area contributed by atoms with Gasteiger partial charge in [0.15, 0.2) is 5.75 Å². The van der Waals surface area contributed by atoms with Crippen molar-refractivity contribution in [1.29, 1.82) is 0 Å². The molecule has 0 unspecified atom stereocenters. The largest absolute Gasteiger partial charge is 0.505 e. The van der Waals surface area contributed by atoms with Crippen LogP contribution in [0.15, 0.2) is 186 Å². The number of phenols is 1. The van der Waals surface area contributed by atoms with Crippen LogP contribution in [0.2, 0.25) is 0 Å². The fourth-order valence-corrected chi connectivity index (χ4v) is 7.27. The number of phenolic OH excluding ortho intramolecular Hbond substituents is 1. The van der Waals surface area contributed by atoms with Crippen LogP contribution in [-0.2, 0) is 6.42 Å². The fourth-order valence-electron chi connectivity index (χ4n) is 7.27. The number of azo groups is 1. The van der Waals surface area contributed by atoms with E-state index in [0.29, 0.717) is 28.9 Å². The molecular weight excluding hydrogens is 693 g/mol. The Morgan fingerprint density at radius 1 is 0.661 bits per heavy atom. The number of amides is 1. The lowest BCUT2D eigenvalue weighted by Crippen LogP contribution is -2.14. The summed E-state index contributed by atoms with van der Waals surface area (Å²) in [6.07, 6.45) is 0.580. The molecule has 270 valence electrons. The van der Waals surface area contributed by atoms with Crippen molar-refractivity contribution in [2.45, 2.75) is 6.42 Å². The molecule has 1 heterocycles. The standard InChI is InChI=1S/C48H36N6O2/c49-34-22-24-35(25-23-34)52-53-46-44-33(21-28-40-39-16-8-10-18-43(39)50-45(40)44)30-41(47(46)55)48(56)51-42-17-9-7-11-32(42)29-31-19-26-38(27-20-31)54(36-12-3-1-4-13-36)37-14-5-2-6-15-37/h1-28,30,50,55H,29,49H2,(H,51,56). The van der Waals surface area contributed by atoms with Crippen LogP contribution in [0.1, 0.15) is 21.5 Å². The third kappa shape index (κ3) is 6.56. The van der Waals surface area contributed by atoms with E-state index < -0.39 is 5.91 Å². The van der Waals surface area contributed by atoms with Crippen molar-refractivity contribution in [2.75, 3.05) is 16.0 Å². The number of nitrogens with two attached hydrogens (primary N) is 1. The van der Waals surface area contributed by atoms with Crippen LogP contribution in [0.5, 0.6) is 5.75 Å². The molecule has 0 aliphatic rings. The average Bonchev–Trinajstić information content (AvgIpc) is 3.62. The van der Waals surface area contributed by atoms with Gasteiger partial charge in [0, 0.05) is 50.1 Å². The highest BCUT2D eigenvalue weighted by atomic mass is 16.3. The highest BCUT2D eigenvalue weighted by Gasteiger charge is 2.22. The Balaban J connectivity index is 1.05. The van der Waals surface area contributed by atoms with Gasteiger partial charge in [-0.25, -0.2) is 0 Å². The number of nitrogens with zero attached hydrogens (tertiary/aromatic N) is 3. The molecule has 0 saturated carbocycles. The highest BCUT2D eigenvalue weighted by Crippen LogP contribution is 2.44. The summed E-state index contributed by atoms with van der Waals surface area (Å²) in [6, 6.07) is 57.5. The monoisotopic (exact) mass is 728 g/mol. The number of fused-ring (bicyclic) bond motifs is 5. The summed E-state index contributed by atoms with van der Waals surface area (Å²) in [5, 5.41) is 27.4. The molecular formula is C48H36N6O2. The van der Waals surface area contributed by atoms with Crippen LogP contribution < -0.4 is 16.0 Å². The number of hydrogen-bond acceptors (Lipinski definition) is 6. The minimum absolute atomic E-state index is 0.0836. The number of hydrogen-bond donors (Lipinski definition) is 4. The average molecular weight is 729 g/mol. The number of nitrogens with one attached hydrogen (secondary N) is 2. The van der Waals surface area contributed by atoms with E-state index in [0.717, 1.165) is 55.4 Å². The van der Waals surface area contributed by atoms with Crippen molar-refractivity contribution in [3.63, 3.8) is 0 Å². The second-order valence-electron chi connectivity index (χ2n) is 13.6. The van der Waals surface area contributed by atoms with Crippen molar-refractivity contribution < 1.29 is 9.90 Å². The molecule has 5 N–H and O–H groups in total. The molecule has 9 aromatic rings. The van der Waals surface area contributed by atoms with Crippen LogP contribution in [0, 0.1) is 0 Å². The Morgan fingerprint density at radius 3 is 2.04 bits per heavy atom. The summed E-state index contributed by atoms with van der Waals surface area (Å²) >= 11 is 0. The van der Waals surface area contributed by atoms with Crippen molar-refractivity contribution >= 4 is 78.3 Å². The number of H-pyrrole nitrogens is 1. The zero-order valence-electron chi connectivity index (χ0n) is 30.2. The molecule has 0 aliphatic heterocycles. The third-order valence-corrected chi connectivity index (χ3v) is 10.0. The molecule has 0 atom stereocenters. The van der Waals surface area contributed by atoms with Gasteiger partial charge in [-0.2, -0.15) is 5.11 Å². The van der Waals surface area contributed by atoms with E-state index in [9.17, 15) is 9.90 Å². The maximum atomic E-state index is 14.2. The number of nitrogen functional groups attached to an aromatic ring is 1. The lowest BCUT2D eigenvalue weighted by atomic mass is 9.99. The Kier molecular flexibility index (Phi) is 8.89. The molecule has 1 aromatic heterocycles.